The summed E-state index contributed by atoms with van der Waals surface area (Å²) in [7, 11) is -0.740. The summed E-state index contributed by atoms with van der Waals surface area (Å²) in [6, 6.07) is 9.89. The van der Waals surface area contributed by atoms with E-state index >= 15 is 0 Å². The Hall–Kier alpha value is -3.93. The lowest BCUT2D eigenvalue weighted by Crippen LogP contribution is -2.17. The second kappa shape index (κ2) is 9.06. The number of benzene rings is 2. The van der Waals surface area contributed by atoms with Gasteiger partial charge in [0.15, 0.2) is 21.3 Å². The van der Waals surface area contributed by atoms with Crippen LogP contribution in [0.25, 0.3) is 0 Å². The summed E-state index contributed by atoms with van der Waals surface area (Å²) in [4.78, 5) is 22.9. The highest BCUT2D eigenvalue weighted by Crippen LogP contribution is 2.31. The van der Waals surface area contributed by atoms with Crippen molar-refractivity contribution < 1.29 is 27.6 Å². The molecule has 0 radical (unpaired) electrons. The number of anilines is 1. The van der Waals surface area contributed by atoms with E-state index in [1.807, 2.05) is 6.07 Å². The van der Waals surface area contributed by atoms with Gasteiger partial charge in [0.05, 0.1) is 36.8 Å². The molecular weight excluding hydrogens is 440 g/mol. The molecule has 0 aliphatic rings. The van der Waals surface area contributed by atoms with E-state index in [0.29, 0.717) is 17.3 Å². The van der Waals surface area contributed by atoms with Gasteiger partial charge < -0.3 is 14.8 Å². The topological polar surface area (TPSA) is 143 Å². The van der Waals surface area contributed by atoms with Crippen molar-refractivity contribution in [2.45, 2.75) is 11.4 Å². The zero-order valence-corrected chi connectivity index (χ0v) is 18.3. The van der Waals surface area contributed by atoms with Gasteiger partial charge in [-0.15, -0.1) is 0 Å². The fraction of sp³-hybridized carbons (Fsp3) is 0.200. The zero-order chi connectivity index (χ0) is 23.5. The van der Waals surface area contributed by atoms with Crippen molar-refractivity contribution in [2.75, 3.05) is 25.8 Å². The molecule has 1 heterocycles. The van der Waals surface area contributed by atoms with Gasteiger partial charge in [-0.1, -0.05) is 12.1 Å². The smallest absolute Gasteiger partial charge is 0.271 e. The van der Waals surface area contributed by atoms with Gasteiger partial charge >= 0.3 is 0 Å². The monoisotopic (exact) mass is 460 g/mol. The number of carbonyl (C=O) groups excluding carboxylic acids is 1. The number of hydrogen-bond donors (Lipinski definition) is 1. The Bertz CT molecular complexity index is 1280. The van der Waals surface area contributed by atoms with Crippen LogP contribution in [0.5, 0.6) is 11.5 Å². The van der Waals surface area contributed by atoms with Crippen molar-refractivity contribution in [3.05, 3.63) is 69.9 Å². The van der Waals surface area contributed by atoms with Crippen LogP contribution in [-0.4, -0.2) is 49.5 Å². The average Bonchev–Trinajstić information content (AvgIpc) is 3.18. The Morgan fingerprint density at radius 2 is 1.94 bits per heavy atom. The predicted octanol–water partition coefficient (Wildman–Crippen LogP) is 2.51. The van der Waals surface area contributed by atoms with E-state index in [4.69, 9.17) is 9.47 Å². The standard InChI is InChI=1S/C20H20N4O7S/c1-30-17-6-4-5-13(19(17)31-2)12-23-18(7-8-21-23)22-20(25)14-9-15(24(26)27)11-16(10-14)32(3,28)29/h4-11H,12H2,1-3H3,(H,22,25). The maximum absolute atomic E-state index is 12.8. The van der Waals surface area contributed by atoms with E-state index in [9.17, 15) is 23.3 Å². The van der Waals surface area contributed by atoms with Gasteiger partial charge in [-0.2, -0.15) is 5.10 Å². The highest BCUT2D eigenvalue weighted by molar-refractivity contribution is 7.90. The minimum absolute atomic E-state index is 0.175. The van der Waals surface area contributed by atoms with Crippen LogP contribution in [0, 0.1) is 10.1 Å². The van der Waals surface area contributed by atoms with Gasteiger partial charge in [0.1, 0.15) is 5.82 Å². The number of nitrogens with zero attached hydrogens (tertiary/aromatic N) is 3. The number of ether oxygens (including phenoxy) is 2. The number of methoxy groups -OCH3 is 2. The van der Waals surface area contributed by atoms with E-state index in [-0.39, 0.29) is 17.0 Å². The summed E-state index contributed by atoms with van der Waals surface area (Å²) in [6.45, 7) is 0.229. The molecule has 0 saturated carbocycles. The van der Waals surface area contributed by atoms with Crippen LogP contribution in [0.1, 0.15) is 15.9 Å². The van der Waals surface area contributed by atoms with Crippen LogP contribution in [-0.2, 0) is 16.4 Å². The predicted molar refractivity (Wildman–Crippen MR) is 115 cm³/mol. The van der Waals surface area contributed by atoms with Gasteiger partial charge in [-0.05, 0) is 12.1 Å². The fourth-order valence-corrected chi connectivity index (χ4v) is 3.70. The molecule has 0 fully saturated rings. The molecule has 12 heteroatoms. The fourth-order valence-electron chi connectivity index (χ4n) is 3.03. The van der Waals surface area contributed by atoms with Crippen molar-refractivity contribution in [1.29, 1.82) is 0 Å². The molecular formula is C20H20N4O7S. The molecule has 11 nitrogen and oxygen atoms in total. The average molecular weight is 460 g/mol. The number of non-ortho nitro benzene ring substituents is 1. The third kappa shape index (κ3) is 4.86. The molecule has 3 rings (SSSR count). The second-order valence-corrected chi connectivity index (χ2v) is 8.74. The Balaban J connectivity index is 1.91. The van der Waals surface area contributed by atoms with Crippen molar-refractivity contribution in [2.24, 2.45) is 0 Å². The number of nitrogens with one attached hydrogen (secondary N) is 1. The molecule has 0 saturated heterocycles. The number of carbonyl (C=O) groups is 1. The molecule has 0 unspecified atom stereocenters. The lowest BCUT2D eigenvalue weighted by Gasteiger charge is -2.14. The molecule has 2 aromatic carbocycles. The number of sulfone groups is 1. The number of nitro groups is 1. The van der Waals surface area contributed by atoms with Crippen LogP contribution >= 0.6 is 0 Å². The molecule has 0 aliphatic heterocycles. The summed E-state index contributed by atoms with van der Waals surface area (Å²) in [6.07, 6.45) is 2.38. The van der Waals surface area contributed by atoms with Crippen LogP contribution in [0.2, 0.25) is 0 Å². The van der Waals surface area contributed by atoms with Crippen LogP contribution in [0.3, 0.4) is 0 Å². The number of aromatic nitrogens is 2. The lowest BCUT2D eigenvalue weighted by atomic mass is 10.2. The first-order valence-corrected chi connectivity index (χ1v) is 11.1. The maximum Gasteiger partial charge on any atom is 0.271 e. The number of rotatable bonds is 8. The van der Waals surface area contributed by atoms with Gasteiger partial charge in [0.2, 0.25) is 0 Å². The van der Waals surface area contributed by atoms with Crippen molar-refractivity contribution in [3.63, 3.8) is 0 Å². The molecule has 1 N–H and O–H groups in total. The van der Waals surface area contributed by atoms with E-state index in [1.54, 1.807) is 18.2 Å². The Kier molecular flexibility index (Phi) is 6.44. The van der Waals surface area contributed by atoms with E-state index in [2.05, 4.69) is 10.4 Å². The summed E-state index contributed by atoms with van der Waals surface area (Å²) < 4.78 is 36.0. The number of nitro benzene ring substituents is 1. The Morgan fingerprint density at radius 1 is 1.19 bits per heavy atom. The second-order valence-electron chi connectivity index (χ2n) is 6.73. The summed E-state index contributed by atoms with van der Waals surface area (Å²) >= 11 is 0. The van der Waals surface area contributed by atoms with E-state index < -0.39 is 26.4 Å². The Labute approximate surface area is 183 Å². The molecule has 0 spiro atoms. The normalized spacial score (nSPS) is 11.1. The van der Waals surface area contributed by atoms with Crippen molar-refractivity contribution in [1.82, 2.24) is 9.78 Å². The maximum atomic E-state index is 12.8. The minimum atomic E-state index is -3.77. The largest absolute Gasteiger partial charge is 0.493 e. The molecule has 1 amide bonds. The highest BCUT2D eigenvalue weighted by atomic mass is 32.2. The number of amides is 1. The SMILES string of the molecule is COc1cccc(Cn2nccc2NC(=O)c2cc([N+](=O)[O-])cc(S(C)(=O)=O)c2)c1OC. The van der Waals surface area contributed by atoms with Crippen LogP contribution < -0.4 is 14.8 Å². The lowest BCUT2D eigenvalue weighted by molar-refractivity contribution is -0.385. The summed E-state index contributed by atoms with van der Waals surface area (Å²) in [5.74, 6) is 0.622. The first-order chi connectivity index (χ1) is 15.1. The van der Waals surface area contributed by atoms with Gasteiger partial charge in [0.25, 0.3) is 11.6 Å². The molecule has 168 valence electrons. The molecule has 1 aromatic heterocycles. The summed E-state index contributed by atoms with van der Waals surface area (Å²) in [5.41, 5.74) is 0.0554. The first kappa shape index (κ1) is 22.7. The van der Waals surface area contributed by atoms with Gasteiger partial charge in [0, 0.05) is 35.6 Å². The number of para-hydroxylation sites is 1. The van der Waals surface area contributed by atoms with Crippen molar-refractivity contribution >= 4 is 27.2 Å². The quantitative estimate of drug-likeness (QED) is 0.399. The molecule has 32 heavy (non-hydrogen) atoms. The Morgan fingerprint density at radius 3 is 2.56 bits per heavy atom. The number of hydrogen-bond acceptors (Lipinski definition) is 8. The van der Waals surface area contributed by atoms with Gasteiger partial charge in [-0.25, -0.2) is 13.1 Å². The molecule has 0 atom stereocenters. The third-order valence-corrected chi connectivity index (χ3v) is 5.65. The van der Waals surface area contributed by atoms with Crippen molar-refractivity contribution in [3.8, 4) is 11.5 Å². The van der Waals surface area contributed by atoms with Crippen LogP contribution in [0.15, 0.2) is 53.6 Å². The minimum Gasteiger partial charge on any atom is -0.493 e. The van der Waals surface area contributed by atoms with Crippen LogP contribution in [0.4, 0.5) is 11.5 Å². The first-order valence-electron chi connectivity index (χ1n) is 9.16. The van der Waals surface area contributed by atoms with E-state index in [0.717, 1.165) is 30.0 Å². The highest BCUT2D eigenvalue weighted by Gasteiger charge is 2.20. The van der Waals surface area contributed by atoms with E-state index in [1.165, 1.54) is 25.1 Å². The third-order valence-electron chi connectivity index (χ3n) is 4.56. The van der Waals surface area contributed by atoms with Gasteiger partial charge in [-0.3, -0.25) is 14.9 Å². The zero-order valence-electron chi connectivity index (χ0n) is 17.4. The molecule has 0 bridgehead atoms. The molecule has 0 aliphatic carbocycles. The molecule has 3 aromatic rings. The summed E-state index contributed by atoms with van der Waals surface area (Å²) in [5, 5.41) is 18.0.